The molecule has 8 aromatic carbocycles. The van der Waals surface area contributed by atoms with E-state index >= 15 is 0 Å². The Morgan fingerprint density at radius 1 is 0.364 bits per heavy atom. The molecule has 0 N–H and O–H groups in total. The maximum Gasteiger partial charge on any atom is 0.494 e. The van der Waals surface area contributed by atoms with Crippen LogP contribution >= 0.6 is 11.6 Å². The quantitative estimate of drug-likeness (QED) is 0.149. The van der Waals surface area contributed by atoms with Crippen LogP contribution in [0.3, 0.4) is 0 Å². The number of hydrogen-bond acceptors (Lipinski definition) is 6. The normalized spacial score (nSPS) is 13.9. The van der Waals surface area contributed by atoms with Gasteiger partial charge in [0.25, 0.3) is 0 Å². The SMILES string of the molecule is CC1(C)OB(c2cccc(-c3nc(-c4ccc(-c5ccccc5)cc4)c4ccccc4n3)c2)OC1(C)C.Clc1cccc(-c2nc(-c3ccc(-c4ccccc4)cc3)c3ccccc3n2)c1. The van der Waals surface area contributed by atoms with Crippen molar-refractivity contribution >= 4 is 46.0 Å². The summed E-state index contributed by atoms with van der Waals surface area (Å²) < 4.78 is 12.6. The van der Waals surface area contributed by atoms with E-state index in [1.165, 1.54) is 22.3 Å². The van der Waals surface area contributed by atoms with Gasteiger partial charge in [-0.05, 0) is 79.7 Å². The molecule has 0 aliphatic carbocycles. The number of hydrogen-bond donors (Lipinski definition) is 0. The molecule has 66 heavy (non-hydrogen) atoms. The van der Waals surface area contributed by atoms with Crippen molar-refractivity contribution in [3.63, 3.8) is 0 Å². The molecule has 0 atom stereocenters. The summed E-state index contributed by atoms with van der Waals surface area (Å²) in [5.74, 6) is 1.35. The van der Waals surface area contributed by atoms with Gasteiger partial charge in [-0.3, -0.25) is 0 Å². The monoisotopic (exact) mass is 876 g/mol. The Balaban J connectivity index is 0.000000160. The summed E-state index contributed by atoms with van der Waals surface area (Å²) in [6.07, 6.45) is 0. The van der Waals surface area contributed by atoms with Gasteiger partial charge >= 0.3 is 7.12 Å². The fraction of sp³-hybridized carbons (Fsp3) is 0.103. The molecule has 8 heteroatoms. The summed E-state index contributed by atoms with van der Waals surface area (Å²) in [6.45, 7) is 8.27. The van der Waals surface area contributed by atoms with Crippen molar-refractivity contribution in [2.24, 2.45) is 0 Å². The van der Waals surface area contributed by atoms with Crippen molar-refractivity contribution in [2.45, 2.75) is 38.9 Å². The van der Waals surface area contributed by atoms with E-state index in [1.54, 1.807) is 0 Å². The summed E-state index contributed by atoms with van der Waals surface area (Å²) in [5, 5.41) is 2.74. The minimum atomic E-state index is -0.435. The lowest BCUT2D eigenvalue weighted by molar-refractivity contribution is 0.00578. The van der Waals surface area contributed by atoms with E-state index in [-0.39, 0.29) is 0 Å². The predicted octanol–water partition coefficient (Wildman–Crippen LogP) is 14.2. The molecule has 0 unspecified atom stereocenters. The minimum absolute atomic E-state index is 0.397. The standard InChI is InChI=1S/C32H29BN2O2.C26H17ClN2/c1-31(2)32(3,4)37-33(36-31)26-14-10-13-25(21-26)30-34-28-16-9-8-15-27(28)29(35-30)24-19-17-23(18-20-24)22-11-6-5-7-12-22;27-22-10-6-9-21(17-22)26-28-24-12-5-4-11-23(24)25(29-26)20-15-13-19(14-16-20)18-7-2-1-3-8-18/h5-21H,1-4H3;1-17H. The molecule has 1 aliphatic heterocycles. The number of aromatic nitrogens is 4. The number of benzene rings is 8. The van der Waals surface area contributed by atoms with E-state index < -0.39 is 18.3 Å². The topological polar surface area (TPSA) is 70.0 Å². The Hall–Kier alpha value is -7.29. The molecule has 11 rings (SSSR count). The number of nitrogens with zero attached hydrogens (tertiary/aromatic N) is 4. The molecule has 2 aromatic heterocycles. The fourth-order valence-electron chi connectivity index (χ4n) is 8.18. The van der Waals surface area contributed by atoms with Crippen molar-refractivity contribution in [1.29, 1.82) is 0 Å². The van der Waals surface area contributed by atoms with Gasteiger partial charge in [-0.2, -0.15) is 0 Å². The first kappa shape index (κ1) is 42.7. The van der Waals surface area contributed by atoms with Crippen LogP contribution in [-0.2, 0) is 9.31 Å². The first-order valence-electron chi connectivity index (χ1n) is 22.2. The lowest BCUT2D eigenvalue weighted by Gasteiger charge is -2.32. The first-order valence-corrected chi connectivity index (χ1v) is 22.5. The Morgan fingerprint density at radius 3 is 1.21 bits per heavy atom. The zero-order chi connectivity index (χ0) is 45.3. The third kappa shape index (κ3) is 8.77. The summed E-state index contributed by atoms with van der Waals surface area (Å²) >= 11 is 6.19. The van der Waals surface area contributed by atoms with Crippen LogP contribution in [0.4, 0.5) is 0 Å². The van der Waals surface area contributed by atoms with E-state index in [2.05, 4.69) is 143 Å². The van der Waals surface area contributed by atoms with Crippen LogP contribution in [-0.4, -0.2) is 38.3 Å². The molecule has 0 saturated carbocycles. The van der Waals surface area contributed by atoms with E-state index in [0.717, 1.165) is 60.9 Å². The lowest BCUT2D eigenvalue weighted by Crippen LogP contribution is -2.41. The smallest absolute Gasteiger partial charge is 0.399 e. The molecule has 10 aromatic rings. The molecule has 0 radical (unpaired) electrons. The van der Waals surface area contributed by atoms with Crippen molar-refractivity contribution in [2.75, 3.05) is 0 Å². The number of para-hydroxylation sites is 2. The predicted molar refractivity (Wildman–Crippen MR) is 272 cm³/mol. The summed E-state index contributed by atoms with van der Waals surface area (Å²) in [6, 6.07) is 70.0. The van der Waals surface area contributed by atoms with Gasteiger partial charge in [0.2, 0.25) is 0 Å². The van der Waals surface area contributed by atoms with Crippen LogP contribution in [0.25, 0.3) is 89.4 Å². The van der Waals surface area contributed by atoms with Crippen LogP contribution in [0.15, 0.2) is 206 Å². The van der Waals surface area contributed by atoms with Gasteiger partial charge in [0.1, 0.15) is 0 Å². The van der Waals surface area contributed by atoms with Gasteiger partial charge in [0.15, 0.2) is 11.6 Å². The molecule has 1 fully saturated rings. The Labute approximate surface area is 391 Å². The molecule has 1 saturated heterocycles. The highest BCUT2D eigenvalue weighted by atomic mass is 35.5. The van der Waals surface area contributed by atoms with Crippen molar-refractivity contribution in [3.05, 3.63) is 211 Å². The molecule has 0 bridgehead atoms. The molecule has 320 valence electrons. The molecule has 1 aliphatic rings. The van der Waals surface area contributed by atoms with Crippen LogP contribution in [0.5, 0.6) is 0 Å². The molecule has 3 heterocycles. The van der Waals surface area contributed by atoms with Gasteiger partial charge in [-0.15, -0.1) is 0 Å². The highest BCUT2D eigenvalue weighted by molar-refractivity contribution is 6.62. The van der Waals surface area contributed by atoms with Gasteiger partial charge in [-0.25, -0.2) is 19.9 Å². The van der Waals surface area contributed by atoms with E-state index in [9.17, 15) is 0 Å². The highest BCUT2D eigenvalue weighted by Crippen LogP contribution is 2.37. The average molecular weight is 877 g/mol. The Morgan fingerprint density at radius 2 is 0.742 bits per heavy atom. The van der Waals surface area contributed by atoms with E-state index in [1.807, 2.05) is 91.0 Å². The second-order valence-corrected chi connectivity index (χ2v) is 17.9. The maximum atomic E-state index is 6.29. The molecular formula is C58H46BClN4O2. The Kier molecular flexibility index (Phi) is 11.6. The molecule has 6 nitrogen and oxygen atoms in total. The zero-order valence-corrected chi connectivity index (χ0v) is 37.9. The number of rotatable bonds is 7. The molecule has 0 spiro atoms. The maximum absolute atomic E-state index is 6.29. The van der Waals surface area contributed by atoms with Crippen LogP contribution in [0.1, 0.15) is 27.7 Å². The van der Waals surface area contributed by atoms with Crippen molar-refractivity contribution in [1.82, 2.24) is 19.9 Å². The zero-order valence-electron chi connectivity index (χ0n) is 37.2. The van der Waals surface area contributed by atoms with Crippen LogP contribution in [0.2, 0.25) is 5.02 Å². The first-order chi connectivity index (χ1) is 32.1. The van der Waals surface area contributed by atoms with Crippen LogP contribution in [0, 0.1) is 0 Å². The minimum Gasteiger partial charge on any atom is -0.399 e. The van der Waals surface area contributed by atoms with Gasteiger partial charge < -0.3 is 9.31 Å². The van der Waals surface area contributed by atoms with Gasteiger partial charge in [-0.1, -0.05) is 194 Å². The molecular weight excluding hydrogens is 831 g/mol. The third-order valence-corrected chi connectivity index (χ3v) is 12.7. The lowest BCUT2D eigenvalue weighted by atomic mass is 9.78. The fourth-order valence-corrected chi connectivity index (χ4v) is 8.38. The second kappa shape index (κ2) is 17.9. The molecule has 0 amide bonds. The van der Waals surface area contributed by atoms with E-state index in [4.69, 9.17) is 40.8 Å². The number of fused-ring (bicyclic) bond motifs is 2. The third-order valence-electron chi connectivity index (χ3n) is 12.5. The van der Waals surface area contributed by atoms with Crippen molar-refractivity contribution in [3.8, 4) is 67.5 Å². The summed E-state index contributed by atoms with van der Waals surface area (Å²) in [7, 11) is -0.435. The van der Waals surface area contributed by atoms with Crippen LogP contribution < -0.4 is 5.46 Å². The Bertz CT molecular complexity index is 3310. The van der Waals surface area contributed by atoms with Crippen molar-refractivity contribution < 1.29 is 9.31 Å². The average Bonchev–Trinajstić information content (AvgIpc) is 3.59. The van der Waals surface area contributed by atoms with Gasteiger partial charge in [0.05, 0.1) is 33.6 Å². The summed E-state index contributed by atoms with van der Waals surface area (Å²) in [4.78, 5) is 19.7. The van der Waals surface area contributed by atoms with Gasteiger partial charge in [0, 0.05) is 38.0 Å². The van der Waals surface area contributed by atoms with E-state index in [0.29, 0.717) is 16.7 Å². The second-order valence-electron chi connectivity index (χ2n) is 17.4. The number of halogens is 1. The summed E-state index contributed by atoms with van der Waals surface area (Å²) in [5.41, 5.74) is 12.6. The highest BCUT2D eigenvalue weighted by Gasteiger charge is 2.51. The largest absolute Gasteiger partial charge is 0.494 e.